The molecular formula is C13H20BrN5O. The Hall–Kier alpha value is -1.37. The standard InChI is InChI=1S/C13H20BrN5O/c1-2-15-13-17-9-10(14)12(18-13)16-6-5-11(20)19-7-3-4-8-19/h9H,2-8H2,1H3,(H2,15,16,17,18). The van der Waals surface area contributed by atoms with E-state index >= 15 is 0 Å². The normalized spacial score (nSPS) is 14.4. The molecule has 1 aliphatic heterocycles. The van der Waals surface area contributed by atoms with Crippen molar-refractivity contribution in [3.8, 4) is 0 Å². The predicted molar refractivity (Wildman–Crippen MR) is 82.8 cm³/mol. The van der Waals surface area contributed by atoms with Gasteiger partial charge in [0.15, 0.2) is 0 Å². The van der Waals surface area contributed by atoms with Crippen molar-refractivity contribution in [1.82, 2.24) is 14.9 Å². The number of rotatable bonds is 6. The van der Waals surface area contributed by atoms with Crippen LogP contribution in [0.25, 0.3) is 0 Å². The van der Waals surface area contributed by atoms with Crippen molar-refractivity contribution < 1.29 is 4.79 Å². The summed E-state index contributed by atoms with van der Waals surface area (Å²) in [5.41, 5.74) is 0. The molecule has 0 spiro atoms. The minimum atomic E-state index is 0.215. The van der Waals surface area contributed by atoms with Gasteiger partial charge in [0.2, 0.25) is 11.9 Å². The van der Waals surface area contributed by atoms with Gasteiger partial charge >= 0.3 is 0 Å². The molecule has 6 nitrogen and oxygen atoms in total. The van der Waals surface area contributed by atoms with Gasteiger partial charge < -0.3 is 15.5 Å². The highest BCUT2D eigenvalue weighted by Crippen LogP contribution is 2.20. The monoisotopic (exact) mass is 341 g/mol. The number of likely N-dealkylation sites (tertiary alicyclic amines) is 1. The van der Waals surface area contributed by atoms with Crippen molar-refractivity contribution in [2.75, 3.05) is 36.8 Å². The average Bonchev–Trinajstić information content (AvgIpc) is 2.96. The molecule has 1 fully saturated rings. The van der Waals surface area contributed by atoms with Crippen molar-refractivity contribution in [3.05, 3.63) is 10.7 Å². The lowest BCUT2D eigenvalue weighted by Crippen LogP contribution is -2.29. The third kappa shape index (κ3) is 4.06. The van der Waals surface area contributed by atoms with E-state index in [9.17, 15) is 4.79 Å². The van der Waals surface area contributed by atoms with E-state index in [1.54, 1.807) is 6.20 Å². The topological polar surface area (TPSA) is 70.2 Å². The Kier molecular flexibility index (Phi) is 5.58. The Balaban J connectivity index is 1.83. The zero-order valence-corrected chi connectivity index (χ0v) is 13.2. The van der Waals surface area contributed by atoms with Crippen molar-refractivity contribution >= 4 is 33.6 Å². The molecule has 1 aromatic rings. The Morgan fingerprint density at radius 2 is 2.15 bits per heavy atom. The van der Waals surface area contributed by atoms with Crippen LogP contribution in [0.15, 0.2) is 10.7 Å². The second kappa shape index (κ2) is 7.42. The zero-order chi connectivity index (χ0) is 14.4. The molecular weight excluding hydrogens is 322 g/mol. The quantitative estimate of drug-likeness (QED) is 0.829. The molecule has 0 bridgehead atoms. The summed E-state index contributed by atoms with van der Waals surface area (Å²) < 4.78 is 0.799. The van der Waals surface area contributed by atoms with E-state index in [4.69, 9.17) is 0 Å². The first-order valence-electron chi connectivity index (χ1n) is 6.98. The minimum Gasteiger partial charge on any atom is -0.368 e. The van der Waals surface area contributed by atoms with Gasteiger partial charge in [-0.25, -0.2) is 4.98 Å². The van der Waals surface area contributed by atoms with E-state index in [1.807, 2.05) is 11.8 Å². The van der Waals surface area contributed by atoms with E-state index in [0.29, 0.717) is 24.7 Å². The number of amides is 1. The van der Waals surface area contributed by atoms with Crippen LogP contribution in [0.1, 0.15) is 26.2 Å². The molecule has 2 rings (SSSR count). The second-order valence-corrected chi connectivity index (χ2v) is 5.54. The average molecular weight is 342 g/mol. The summed E-state index contributed by atoms with van der Waals surface area (Å²) in [7, 11) is 0. The molecule has 2 heterocycles. The molecule has 7 heteroatoms. The summed E-state index contributed by atoms with van der Waals surface area (Å²) in [4.78, 5) is 22.4. The van der Waals surface area contributed by atoms with E-state index in [0.717, 1.165) is 36.9 Å². The van der Waals surface area contributed by atoms with Crippen molar-refractivity contribution in [2.45, 2.75) is 26.2 Å². The predicted octanol–water partition coefficient (Wildman–Crippen LogP) is 2.10. The number of carbonyl (C=O) groups excluding carboxylic acids is 1. The van der Waals surface area contributed by atoms with Gasteiger partial charge in [-0.2, -0.15) is 4.98 Å². The minimum absolute atomic E-state index is 0.215. The van der Waals surface area contributed by atoms with Crippen LogP contribution in [0.3, 0.4) is 0 Å². The fourth-order valence-electron chi connectivity index (χ4n) is 2.15. The third-order valence-corrected chi connectivity index (χ3v) is 3.75. The number of nitrogens with one attached hydrogen (secondary N) is 2. The van der Waals surface area contributed by atoms with Crippen LogP contribution < -0.4 is 10.6 Å². The van der Waals surface area contributed by atoms with Gasteiger partial charge in [-0.05, 0) is 35.7 Å². The Morgan fingerprint density at radius 3 is 2.85 bits per heavy atom. The molecule has 1 aliphatic rings. The van der Waals surface area contributed by atoms with Crippen molar-refractivity contribution in [3.63, 3.8) is 0 Å². The lowest BCUT2D eigenvalue weighted by atomic mass is 10.3. The second-order valence-electron chi connectivity index (χ2n) is 4.69. The lowest BCUT2D eigenvalue weighted by Gasteiger charge is -2.15. The number of nitrogens with zero attached hydrogens (tertiary/aromatic N) is 3. The maximum Gasteiger partial charge on any atom is 0.224 e. The molecule has 0 aliphatic carbocycles. The maximum atomic E-state index is 11.9. The molecule has 0 radical (unpaired) electrons. The van der Waals surface area contributed by atoms with Gasteiger partial charge in [0.25, 0.3) is 0 Å². The summed E-state index contributed by atoms with van der Waals surface area (Å²) >= 11 is 3.40. The van der Waals surface area contributed by atoms with Crippen LogP contribution in [0.4, 0.5) is 11.8 Å². The molecule has 2 N–H and O–H groups in total. The summed E-state index contributed by atoms with van der Waals surface area (Å²) in [6.07, 6.45) is 4.45. The maximum absolute atomic E-state index is 11.9. The summed E-state index contributed by atoms with van der Waals surface area (Å²) in [6, 6.07) is 0. The SMILES string of the molecule is CCNc1ncc(Br)c(NCCC(=O)N2CCCC2)n1. The van der Waals surface area contributed by atoms with Crippen molar-refractivity contribution in [2.24, 2.45) is 0 Å². The van der Waals surface area contributed by atoms with Crippen molar-refractivity contribution in [1.29, 1.82) is 0 Å². The zero-order valence-electron chi connectivity index (χ0n) is 11.7. The molecule has 1 amide bonds. The van der Waals surface area contributed by atoms with Gasteiger partial charge in [-0.1, -0.05) is 0 Å². The van der Waals surface area contributed by atoms with Crippen LogP contribution in [-0.4, -0.2) is 47.0 Å². The fraction of sp³-hybridized carbons (Fsp3) is 0.615. The number of aromatic nitrogens is 2. The number of carbonyl (C=O) groups is 1. The summed E-state index contributed by atoms with van der Waals surface area (Å²) in [5, 5.41) is 6.24. The molecule has 0 atom stereocenters. The molecule has 1 saturated heterocycles. The van der Waals surface area contributed by atoms with E-state index < -0.39 is 0 Å². The third-order valence-electron chi connectivity index (χ3n) is 3.17. The van der Waals surface area contributed by atoms with Crippen LogP contribution in [0, 0.1) is 0 Å². The highest BCUT2D eigenvalue weighted by molar-refractivity contribution is 9.10. The fourth-order valence-corrected chi connectivity index (χ4v) is 2.48. The molecule has 20 heavy (non-hydrogen) atoms. The first-order valence-corrected chi connectivity index (χ1v) is 7.78. The van der Waals surface area contributed by atoms with Gasteiger partial charge in [-0.15, -0.1) is 0 Å². The summed E-state index contributed by atoms with van der Waals surface area (Å²) in [5.74, 6) is 1.52. The van der Waals surface area contributed by atoms with Gasteiger partial charge in [0.05, 0.1) is 4.47 Å². The largest absolute Gasteiger partial charge is 0.368 e. The van der Waals surface area contributed by atoms with Crippen LogP contribution in [0.5, 0.6) is 0 Å². The number of hydrogen-bond donors (Lipinski definition) is 2. The highest BCUT2D eigenvalue weighted by Gasteiger charge is 2.17. The molecule has 0 saturated carbocycles. The van der Waals surface area contributed by atoms with Gasteiger partial charge in [-0.3, -0.25) is 4.79 Å². The first-order chi connectivity index (χ1) is 9.70. The smallest absolute Gasteiger partial charge is 0.224 e. The molecule has 0 unspecified atom stereocenters. The Bertz CT molecular complexity index is 462. The Labute approximate surface area is 127 Å². The highest BCUT2D eigenvalue weighted by atomic mass is 79.9. The number of halogens is 1. The van der Waals surface area contributed by atoms with E-state index in [1.165, 1.54) is 0 Å². The number of anilines is 2. The summed E-state index contributed by atoms with van der Waals surface area (Å²) in [6.45, 7) is 5.15. The van der Waals surface area contributed by atoms with Crippen LogP contribution >= 0.6 is 15.9 Å². The molecule has 1 aromatic heterocycles. The lowest BCUT2D eigenvalue weighted by molar-refractivity contribution is -0.129. The van der Waals surface area contributed by atoms with Crippen LogP contribution in [0.2, 0.25) is 0 Å². The molecule has 110 valence electrons. The Morgan fingerprint density at radius 1 is 1.40 bits per heavy atom. The van der Waals surface area contributed by atoms with E-state index in [-0.39, 0.29) is 5.91 Å². The van der Waals surface area contributed by atoms with Gasteiger partial charge in [0.1, 0.15) is 5.82 Å². The van der Waals surface area contributed by atoms with E-state index in [2.05, 4.69) is 36.5 Å². The first kappa shape index (κ1) is 15.0. The van der Waals surface area contributed by atoms with Gasteiger partial charge in [0, 0.05) is 38.8 Å². The van der Waals surface area contributed by atoms with Crippen LogP contribution in [-0.2, 0) is 4.79 Å². The number of hydrogen-bond acceptors (Lipinski definition) is 5. The molecule has 0 aromatic carbocycles.